The van der Waals surface area contributed by atoms with Crippen LogP contribution in [0, 0.1) is 5.92 Å². The summed E-state index contributed by atoms with van der Waals surface area (Å²) < 4.78 is 23.4. The van der Waals surface area contributed by atoms with Crippen molar-refractivity contribution in [2.45, 2.75) is 18.2 Å². The molecule has 1 aromatic carbocycles. The zero-order valence-corrected chi connectivity index (χ0v) is 11.2. The van der Waals surface area contributed by atoms with Crippen LogP contribution in [-0.2, 0) is 14.6 Å². The highest BCUT2D eigenvalue weighted by Crippen LogP contribution is 2.32. The van der Waals surface area contributed by atoms with Gasteiger partial charge in [-0.05, 0) is 18.6 Å². The fourth-order valence-electron chi connectivity index (χ4n) is 2.00. The van der Waals surface area contributed by atoms with Gasteiger partial charge in [-0.15, -0.1) is 0 Å². The molecule has 2 rings (SSSR count). The molecule has 1 aliphatic heterocycles. The number of hydrogen-bond donors (Lipinski definition) is 2. The molecule has 98 valence electrons. The monoisotopic (exact) mass is 268 g/mol. The fraction of sp³-hybridized carbons (Fsp3) is 0.417. The lowest BCUT2D eigenvalue weighted by Crippen LogP contribution is -2.25. The fourth-order valence-corrected chi connectivity index (χ4v) is 2.85. The van der Waals surface area contributed by atoms with E-state index in [9.17, 15) is 13.2 Å². The summed E-state index contributed by atoms with van der Waals surface area (Å²) in [5, 5.41) is 5.84. The summed E-state index contributed by atoms with van der Waals surface area (Å²) in [6, 6.07) is 4.94. The van der Waals surface area contributed by atoms with Crippen LogP contribution in [0.15, 0.2) is 23.1 Å². The molecule has 0 aliphatic carbocycles. The highest BCUT2D eigenvalue weighted by molar-refractivity contribution is 7.90. The molecule has 0 aromatic heterocycles. The second-order valence-corrected chi connectivity index (χ2v) is 6.41. The molecule has 1 unspecified atom stereocenters. The largest absolute Gasteiger partial charge is 0.383 e. The van der Waals surface area contributed by atoms with Crippen molar-refractivity contribution in [3.8, 4) is 0 Å². The minimum Gasteiger partial charge on any atom is -0.383 e. The number of para-hydroxylation sites is 1. The van der Waals surface area contributed by atoms with Crippen molar-refractivity contribution in [1.82, 2.24) is 0 Å². The van der Waals surface area contributed by atoms with Crippen LogP contribution in [0.1, 0.15) is 13.3 Å². The van der Waals surface area contributed by atoms with E-state index in [-0.39, 0.29) is 16.7 Å². The van der Waals surface area contributed by atoms with Crippen LogP contribution < -0.4 is 10.6 Å². The first kappa shape index (κ1) is 12.9. The molecule has 5 nitrogen and oxygen atoms in total. The molecular formula is C12H16N2O3S. The lowest BCUT2D eigenvalue weighted by molar-refractivity contribution is -0.119. The van der Waals surface area contributed by atoms with Crippen molar-refractivity contribution in [1.29, 1.82) is 0 Å². The van der Waals surface area contributed by atoms with Crippen LogP contribution >= 0.6 is 0 Å². The molecule has 0 saturated heterocycles. The van der Waals surface area contributed by atoms with Crippen molar-refractivity contribution in [2.24, 2.45) is 5.92 Å². The van der Waals surface area contributed by atoms with E-state index in [1.54, 1.807) is 12.1 Å². The average Bonchev–Trinajstić information content (AvgIpc) is 2.45. The number of nitrogens with one attached hydrogen (secondary N) is 2. The highest BCUT2D eigenvalue weighted by Gasteiger charge is 2.25. The van der Waals surface area contributed by atoms with E-state index in [4.69, 9.17) is 0 Å². The second-order valence-electron chi connectivity index (χ2n) is 4.43. The van der Waals surface area contributed by atoms with Crippen molar-refractivity contribution in [3.63, 3.8) is 0 Å². The standard InChI is InChI=1S/C12H16N2O3S/c1-3-8-7-13-9-5-4-6-10(18(2,16)17)11(9)14-12(8)15/h4-6,8,13H,3,7H2,1-2H3,(H,14,15). The van der Waals surface area contributed by atoms with Crippen molar-refractivity contribution in [2.75, 3.05) is 23.4 Å². The van der Waals surface area contributed by atoms with E-state index in [1.807, 2.05) is 6.92 Å². The number of carbonyl (C=O) groups is 1. The number of sulfone groups is 1. The Morgan fingerprint density at radius 3 is 2.72 bits per heavy atom. The van der Waals surface area contributed by atoms with Crippen molar-refractivity contribution < 1.29 is 13.2 Å². The molecule has 1 aromatic rings. The number of anilines is 2. The first-order valence-electron chi connectivity index (χ1n) is 5.81. The summed E-state index contributed by atoms with van der Waals surface area (Å²) in [6.45, 7) is 2.45. The smallest absolute Gasteiger partial charge is 0.229 e. The minimum absolute atomic E-state index is 0.139. The van der Waals surface area contributed by atoms with Gasteiger partial charge in [0, 0.05) is 12.8 Å². The summed E-state index contributed by atoms with van der Waals surface area (Å²) in [4.78, 5) is 12.1. The van der Waals surface area contributed by atoms with Crippen LogP contribution in [-0.4, -0.2) is 27.1 Å². The van der Waals surface area contributed by atoms with E-state index < -0.39 is 9.84 Å². The first-order valence-corrected chi connectivity index (χ1v) is 7.70. The minimum atomic E-state index is -3.36. The van der Waals surface area contributed by atoms with E-state index >= 15 is 0 Å². The molecule has 1 aliphatic rings. The molecule has 0 spiro atoms. The SMILES string of the molecule is CCC1CNc2cccc(S(C)(=O)=O)c2NC1=O. The highest BCUT2D eigenvalue weighted by atomic mass is 32.2. The summed E-state index contributed by atoms with van der Waals surface area (Å²) >= 11 is 0. The van der Waals surface area contributed by atoms with Gasteiger partial charge in [0.1, 0.15) is 0 Å². The molecule has 1 heterocycles. The normalized spacial score (nSPS) is 19.4. The lowest BCUT2D eigenvalue weighted by atomic mass is 10.1. The number of hydrogen-bond acceptors (Lipinski definition) is 4. The van der Waals surface area contributed by atoms with Crippen molar-refractivity contribution in [3.05, 3.63) is 18.2 Å². The molecule has 0 bridgehead atoms. The third kappa shape index (κ3) is 2.33. The third-order valence-corrected chi connectivity index (χ3v) is 4.22. The van der Waals surface area contributed by atoms with Gasteiger partial charge in [-0.2, -0.15) is 0 Å². The van der Waals surface area contributed by atoms with Crippen LogP contribution in [0.2, 0.25) is 0 Å². The Morgan fingerprint density at radius 1 is 1.39 bits per heavy atom. The second kappa shape index (κ2) is 4.61. The Balaban J connectivity index is 2.52. The Morgan fingerprint density at radius 2 is 2.11 bits per heavy atom. The summed E-state index contributed by atoms with van der Waals surface area (Å²) in [7, 11) is -3.36. The average molecular weight is 268 g/mol. The lowest BCUT2D eigenvalue weighted by Gasteiger charge is -2.11. The van der Waals surface area contributed by atoms with E-state index in [0.29, 0.717) is 24.3 Å². The first-order chi connectivity index (χ1) is 8.43. The summed E-state index contributed by atoms with van der Waals surface area (Å²) in [5.74, 6) is -0.287. The van der Waals surface area contributed by atoms with Crippen LogP contribution in [0.25, 0.3) is 0 Å². The molecule has 0 saturated carbocycles. The van der Waals surface area contributed by atoms with Gasteiger partial charge < -0.3 is 10.6 Å². The van der Waals surface area contributed by atoms with Gasteiger partial charge in [0.15, 0.2) is 9.84 Å². The van der Waals surface area contributed by atoms with Gasteiger partial charge in [0.25, 0.3) is 0 Å². The Labute approximate surface area is 107 Å². The summed E-state index contributed by atoms with van der Waals surface area (Å²) in [6.07, 6.45) is 1.85. The van der Waals surface area contributed by atoms with E-state index in [0.717, 1.165) is 6.26 Å². The molecule has 0 radical (unpaired) electrons. The molecule has 6 heteroatoms. The number of rotatable bonds is 2. The number of fused-ring (bicyclic) bond motifs is 1. The predicted octanol–water partition coefficient (Wildman–Crippen LogP) is 1.48. The van der Waals surface area contributed by atoms with Gasteiger partial charge in [-0.1, -0.05) is 13.0 Å². The van der Waals surface area contributed by atoms with Crippen LogP contribution in [0.5, 0.6) is 0 Å². The molecular weight excluding hydrogens is 252 g/mol. The quantitative estimate of drug-likeness (QED) is 0.852. The van der Waals surface area contributed by atoms with Gasteiger partial charge in [0.05, 0.1) is 22.2 Å². The molecule has 1 amide bonds. The third-order valence-electron chi connectivity index (χ3n) is 3.08. The van der Waals surface area contributed by atoms with Crippen LogP contribution in [0.3, 0.4) is 0 Å². The van der Waals surface area contributed by atoms with Gasteiger partial charge in [-0.3, -0.25) is 4.79 Å². The van der Waals surface area contributed by atoms with Gasteiger partial charge in [-0.25, -0.2) is 8.42 Å². The Kier molecular flexibility index (Phi) is 3.30. The maximum absolute atomic E-state index is 11.9. The molecule has 18 heavy (non-hydrogen) atoms. The van der Waals surface area contributed by atoms with Crippen LogP contribution in [0.4, 0.5) is 11.4 Å². The zero-order chi connectivity index (χ0) is 13.3. The molecule has 1 atom stereocenters. The Bertz CT molecular complexity index is 581. The number of benzene rings is 1. The Hall–Kier alpha value is -1.56. The van der Waals surface area contributed by atoms with Gasteiger partial charge >= 0.3 is 0 Å². The topological polar surface area (TPSA) is 75.3 Å². The maximum atomic E-state index is 11.9. The molecule has 2 N–H and O–H groups in total. The molecule has 0 fully saturated rings. The maximum Gasteiger partial charge on any atom is 0.229 e. The van der Waals surface area contributed by atoms with E-state index in [2.05, 4.69) is 10.6 Å². The van der Waals surface area contributed by atoms with Gasteiger partial charge in [0.2, 0.25) is 5.91 Å². The number of carbonyl (C=O) groups excluding carboxylic acids is 1. The summed E-state index contributed by atoms with van der Waals surface area (Å²) in [5.41, 5.74) is 1.02. The number of amides is 1. The zero-order valence-electron chi connectivity index (χ0n) is 10.4. The van der Waals surface area contributed by atoms with E-state index in [1.165, 1.54) is 6.07 Å². The predicted molar refractivity (Wildman–Crippen MR) is 70.5 cm³/mol. The van der Waals surface area contributed by atoms with Crippen molar-refractivity contribution >= 4 is 27.1 Å².